The number of fused-ring (bicyclic) bond motifs is 1. The summed E-state index contributed by atoms with van der Waals surface area (Å²) in [6, 6.07) is 9.14. The van der Waals surface area contributed by atoms with Crippen LogP contribution >= 0.6 is 0 Å². The molecule has 9 heteroatoms. The van der Waals surface area contributed by atoms with Crippen molar-refractivity contribution in [2.75, 3.05) is 24.5 Å². The summed E-state index contributed by atoms with van der Waals surface area (Å²) in [5, 5.41) is 11.5. The minimum absolute atomic E-state index is 0.0929. The van der Waals surface area contributed by atoms with Gasteiger partial charge in [0.2, 0.25) is 6.79 Å². The average Bonchev–Trinajstić information content (AvgIpc) is 3.02. The van der Waals surface area contributed by atoms with Crippen molar-refractivity contribution in [2.24, 2.45) is 0 Å². The number of hydrogen-bond donors (Lipinski definition) is 0. The predicted molar refractivity (Wildman–Crippen MR) is 91.5 cm³/mol. The summed E-state index contributed by atoms with van der Waals surface area (Å²) >= 11 is 0. The van der Waals surface area contributed by atoms with Gasteiger partial charge in [-0.25, -0.2) is 8.42 Å². The fourth-order valence-corrected chi connectivity index (χ4v) is 3.29. The molecule has 0 spiro atoms. The van der Waals surface area contributed by atoms with E-state index in [4.69, 9.17) is 9.47 Å². The van der Waals surface area contributed by atoms with Crippen LogP contribution in [0.1, 0.15) is 6.92 Å². The molecule has 3 rings (SSSR count). The lowest BCUT2D eigenvalue weighted by atomic mass is 10.2. The van der Waals surface area contributed by atoms with E-state index in [0.29, 0.717) is 29.4 Å². The molecule has 0 saturated heterocycles. The Bertz CT molecular complexity index is 942. The Kier molecular flexibility index (Phi) is 4.25. The first-order valence-electron chi connectivity index (χ1n) is 7.47. The zero-order valence-corrected chi connectivity index (χ0v) is 14.4. The summed E-state index contributed by atoms with van der Waals surface area (Å²) in [5.41, 5.74) is 0.711. The highest BCUT2D eigenvalue weighted by atomic mass is 32.2. The second kappa shape index (κ2) is 6.25. The number of hydrogen-bond acceptors (Lipinski definition) is 7. The van der Waals surface area contributed by atoms with Crippen molar-refractivity contribution in [3.63, 3.8) is 0 Å². The van der Waals surface area contributed by atoms with Gasteiger partial charge in [0, 0.05) is 30.6 Å². The van der Waals surface area contributed by atoms with Gasteiger partial charge in [-0.2, -0.15) is 0 Å². The van der Waals surface area contributed by atoms with Crippen LogP contribution in [0.25, 0.3) is 0 Å². The van der Waals surface area contributed by atoms with Crippen LogP contribution in [-0.4, -0.2) is 32.9 Å². The predicted octanol–water partition coefficient (Wildman–Crippen LogP) is 2.89. The normalized spacial score (nSPS) is 12.9. The Morgan fingerprint density at radius 3 is 2.52 bits per heavy atom. The summed E-state index contributed by atoms with van der Waals surface area (Å²) in [6.45, 7) is 2.42. The second-order valence-corrected chi connectivity index (χ2v) is 7.48. The van der Waals surface area contributed by atoms with Gasteiger partial charge in [0.25, 0.3) is 5.69 Å². The maximum atomic E-state index is 11.7. The number of rotatable bonds is 5. The minimum atomic E-state index is -3.54. The molecule has 0 bridgehead atoms. The van der Waals surface area contributed by atoms with Crippen LogP contribution in [0.2, 0.25) is 0 Å². The van der Waals surface area contributed by atoms with Crippen LogP contribution in [-0.2, 0) is 9.84 Å². The van der Waals surface area contributed by atoms with E-state index in [-0.39, 0.29) is 17.4 Å². The third kappa shape index (κ3) is 3.22. The Hall–Kier alpha value is -2.81. The fourth-order valence-electron chi connectivity index (χ4n) is 2.65. The zero-order valence-electron chi connectivity index (χ0n) is 13.6. The molecule has 1 aliphatic heterocycles. The number of sulfone groups is 1. The molecule has 0 amide bonds. The quantitative estimate of drug-likeness (QED) is 0.594. The lowest BCUT2D eigenvalue weighted by molar-refractivity contribution is -0.384. The Morgan fingerprint density at radius 2 is 1.88 bits per heavy atom. The number of ether oxygens (including phenoxy) is 2. The topological polar surface area (TPSA) is 99.0 Å². The van der Waals surface area contributed by atoms with Gasteiger partial charge in [-0.1, -0.05) is 0 Å². The molecular weight excluding hydrogens is 348 g/mol. The maximum Gasteiger partial charge on any atom is 0.294 e. The minimum Gasteiger partial charge on any atom is -0.454 e. The lowest BCUT2D eigenvalue weighted by Gasteiger charge is -2.23. The van der Waals surface area contributed by atoms with Crippen LogP contribution in [0.3, 0.4) is 0 Å². The summed E-state index contributed by atoms with van der Waals surface area (Å²) in [5.74, 6) is 1.17. The van der Waals surface area contributed by atoms with Gasteiger partial charge in [-0.05, 0) is 31.2 Å². The highest BCUT2D eigenvalue weighted by molar-refractivity contribution is 7.90. The van der Waals surface area contributed by atoms with Gasteiger partial charge in [0.1, 0.15) is 5.69 Å². The molecule has 0 aliphatic carbocycles. The van der Waals surface area contributed by atoms with Gasteiger partial charge < -0.3 is 14.4 Å². The molecule has 0 atom stereocenters. The molecule has 25 heavy (non-hydrogen) atoms. The molecule has 0 fully saturated rings. The third-order valence-corrected chi connectivity index (χ3v) is 4.96. The van der Waals surface area contributed by atoms with Crippen LogP contribution in [0.5, 0.6) is 11.5 Å². The molecular formula is C16H16N2O6S. The number of nitro groups is 1. The molecule has 0 saturated carbocycles. The number of benzene rings is 2. The van der Waals surface area contributed by atoms with Crippen LogP contribution < -0.4 is 14.4 Å². The zero-order chi connectivity index (χ0) is 18.2. The summed E-state index contributed by atoms with van der Waals surface area (Å²) in [4.78, 5) is 12.5. The number of anilines is 2. The molecule has 2 aromatic carbocycles. The molecule has 0 N–H and O–H groups in total. The molecule has 0 unspecified atom stereocenters. The standard InChI is InChI=1S/C16H16N2O6S/c1-3-17(11-4-7-15-16(8-11)24-10-23-15)13-6-5-12(25(2,21)22)9-14(13)18(19)20/h4-9H,3,10H2,1-2H3. The Balaban J connectivity index is 2.10. The smallest absolute Gasteiger partial charge is 0.294 e. The van der Waals surface area contributed by atoms with Crippen molar-refractivity contribution in [1.82, 2.24) is 0 Å². The van der Waals surface area contributed by atoms with Crippen LogP contribution in [0.4, 0.5) is 17.1 Å². The monoisotopic (exact) mass is 364 g/mol. The fraction of sp³-hybridized carbons (Fsp3) is 0.250. The van der Waals surface area contributed by atoms with Crippen molar-refractivity contribution >= 4 is 26.9 Å². The van der Waals surface area contributed by atoms with Crippen molar-refractivity contribution in [2.45, 2.75) is 11.8 Å². The van der Waals surface area contributed by atoms with Gasteiger partial charge in [0.15, 0.2) is 21.3 Å². The van der Waals surface area contributed by atoms with Gasteiger partial charge in [-0.3, -0.25) is 10.1 Å². The van der Waals surface area contributed by atoms with E-state index in [9.17, 15) is 18.5 Å². The van der Waals surface area contributed by atoms with Crippen molar-refractivity contribution in [3.8, 4) is 11.5 Å². The molecule has 1 heterocycles. The first-order valence-corrected chi connectivity index (χ1v) is 9.36. The molecule has 0 radical (unpaired) electrons. The van der Waals surface area contributed by atoms with E-state index in [1.165, 1.54) is 12.1 Å². The van der Waals surface area contributed by atoms with E-state index in [1.54, 1.807) is 23.1 Å². The van der Waals surface area contributed by atoms with E-state index >= 15 is 0 Å². The maximum absolute atomic E-state index is 11.7. The second-order valence-electron chi connectivity index (χ2n) is 5.46. The highest BCUT2D eigenvalue weighted by Gasteiger charge is 2.24. The Labute approximate surface area is 144 Å². The summed E-state index contributed by atoms with van der Waals surface area (Å²) in [7, 11) is -3.54. The summed E-state index contributed by atoms with van der Waals surface area (Å²) < 4.78 is 34.0. The van der Waals surface area contributed by atoms with E-state index in [2.05, 4.69) is 0 Å². The van der Waals surface area contributed by atoms with Crippen molar-refractivity contribution in [3.05, 3.63) is 46.5 Å². The first-order chi connectivity index (χ1) is 11.8. The van der Waals surface area contributed by atoms with E-state index < -0.39 is 14.8 Å². The SMILES string of the molecule is CCN(c1ccc2c(c1)OCO2)c1ccc(S(C)(=O)=O)cc1[N+](=O)[O-]. The molecule has 0 aromatic heterocycles. The van der Waals surface area contributed by atoms with Gasteiger partial charge >= 0.3 is 0 Å². The van der Waals surface area contributed by atoms with Crippen LogP contribution in [0.15, 0.2) is 41.3 Å². The number of nitro benzene ring substituents is 1. The highest BCUT2D eigenvalue weighted by Crippen LogP contribution is 2.40. The van der Waals surface area contributed by atoms with E-state index in [1.807, 2.05) is 6.92 Å². The van der Waals surface area contributed by atoms with Crippen molar-refractivity contribution in [1.29, 1.82) is 0 Å². The first kappa shape index (κ1) is 17.0. The molecule has 8 nitrogen and oxygen atoms in total. The van der Waals surface area contributed by atoms with Gasteiger partial charge in [-0.15, -0.1) is 0 Å². The molecule has 2 aromatic rings. The average molecular weight is 364 g/mol. The molecule has 132 valence electrons. The third-order valence-electron chi connectivity index (χ3n) is 3.85. The van der Waals surface area contributed by atoms with Crippen molar-refractivity contribution < 1.29 is 22.8 Å². The number of nitrogens with zero attached hydrogens (tertiary/aromatic N) is 2. The van der Waals surface area contributed by atoms with Crippen LogP contribution in [0, 0.1) is 10.1 Å². The summed E-state index contributed by atoms with van der Waals surface area (Å²) in [6.07, 6.45) is 1.02. The Morgan fingerprint density at radius 1 is 1.16 bits per heavy atom. The molecule has 1 aliphatic rings. The van der Waals surface area contributed by atoms with Gasteiger partial charge in [0.05, 0.1) is 9.82 Å². The largest absolute Gasteiger partial charge is 0.454 e. The van der Waals surface area contributed by atoms with E-state index in [0.717, 1.165) is 12.3 Å². The lowest BCUT2D eigenvalue weighted by Crippen LogP contribution is -2.17.